The van der Waals surface area contributed by atoms with Crippen LogP contribution in [0.5, 0.6) is 0 Å². The van der Waals surface area contributed by atoms with Crippen LogP contribution in [0.25, 0.3) is 0 Å². The van der Waals surface area contributed by atoms with Crippen LogP contribution in [0, 0.1) is 0 Å². The highest BCUT2D eigenvalue weighted by molar-refractivity contribution is 5.67. The number of likely N-dealkylation sites (N-methyl/N-ethyl adjacent to an activating group) is 1. The monoisotopic (exact) mass is 244 g/mol. The van der Waals surface area contributed by atoms with E-state index in [0.29, 0.717) is 12.6 Å². The van der Waals surface area contributed by atoms with Crippen LogP contribution in [0.15, 0.2) is 0 Å². The van der Waals surface area contributed by atoms with Crippen LogP contribution < -0.4 is 5.32 Å². The maximum atomic E-state index is 11.6. The highest BCUT2D eigenvalue weighted by Crippen LogP contribution is 2.08. The van der Waals surface area contributed by atoms with Gasteiger partial charge in [-0.1, -0.05) is 13.8 Å². The lowest BCUT2D eigenvalue weighted by Gasteiger charge is -2.25. The summed E-state index contributed by atoms with van der Waals surface area (Å²) in [4.78, 5) is 13.3. The Morgan fingerprint density at radius 2 is 1.82 bits per heavy atom. The number of carbonyl (C=O) groups excluding carboxylic acids is 1. The van der Waals surface area contributed by atoms with Gasteiger partial charge in [-0.25, -0.2) is 4.79 Å². The Balaban J connectivity index is 3.86. The quantitative estimate of drug-likeness (QED) is 0.781. The molecule has 0 radical (unpaired) electrons. The van der Waals surface area contributed by atoms with Crippen molar-refractivity contribution >= 4 is 6.09 Å². The van der Waals surface area contributed by atoms with Crippen molar-refractivity contribution in [2.24, 2.45) is 0 Å². The van der Waals surface area contributed by atoms with Crippen molar-refractivity contribution in [3.05, 3.63) is 0 Å². The number of rotatable bonds is 6. The maximum absolute atomic E-state index is 11.6. The van der Waals surface area contributed by atoms with Gasteiger partial charge in [-0.15, -0.1) is 0 Å². The molecule has 4 nitrogen and oxygen atoms in total. The average molecular weight is 244 g/mol. The molecular weight excluding hydrogens is 216 g/mol. The predicted molar refractivity (Wildman–Crippen MR) is 71.2 cm³/mol. The summed E-state index contributed by atoms with van der Waals surface area (Å²) in [6.45, 7) is 11.4. The lowest BCUT2D eigenvalue weighted by Crippen LogP contribution is -2.40. The third-order valence-corrected chi connectivity index (χ3v) is 2.57. The number of carbonyl (C=O) groups is 1. The van der Waals surface area contributed by atoms with E-state index in [2.05, 4.69) is 19.2 Å². The molecular formula is C13H28N2O2. The Kier molecular flexibility index (Phi) is 7.19. The number of hydrogen-bond donors (Lipinski definition) is 1. The summed E-state index contributed by atoms with van der Waals surface area (Å²) in [6, 6.07) is 0.544. The minimum Gasteiger partial charge on any atom is -0.444 e. The van der Waals surface area contributed by atoms with E-state index in [0.717, 1.165) is 19.4 Å². The fraction of sp³-hybridized carbons (Fsp3) is 0.923. The van der Waals surface area contributed by atoms with Crippen LogP contribution in [0.2, 0.25) is 0 Å². The van der Waals surface area contributed by atoms with E-state index in [1.165, 1.54) is 0 Å². The van der Waals surface area contributed by atoms with Gasteiger partial charge in [0.2, 0.25) is 0 Å². The van der Waals surface area contributed by atoms with E-state index < -0.39 is 5.60 Å². The number of amides is 1. The van der Waals surface area contributed by atoms with Gasteiger partial charge in [-0.3, -0.25) is 0 Å². The highest BCUT2D eigenvalue weighted by atomic mass is 16.6. The van der Waals surface area contributed by atoms with Crippen LogP contribution in [0.3, 0.4) is 0 Å². The molecule has 0 unspecified atom stereocenters. The molecule has 1 N–H and O–H groups in total. The van der Waals surface area contributed by atoms with Gasteiger partial charge in [0.05, 0.1) is 0 Å². The van der Waals surface area contributed by atoms with Gasteiger partial charge < -0.3 is 15.0 Å². The molecule has 17 heavy (non-hydrogen) atoms. The molecule has 0 aromatic carbocycles. The third-order valence-electron chi connectivity index (χ3n) is 2.57. The van der Waals surface area contributed by atoms with Crippen LogP contribution >= 0.6 is 0 Å². The van der Waals surface area contributed by atoms with E-state index >= 15 is 0 Å². The second kappa shape index (κ2) is 7.54. The molecule has 4 heteroatoms. The Bertz CT molecular complexity index is 220. The smallest absolute Gasteiger partial charge is 0.410 e. The van der Waals surface area contributed by atoms with Crippen LogP contribution in [-0.4, -0.2) is 42.8 Å². The second-order valence-electron chi connectivity index (χ2n) is 5.37. The number of ether oxygens (including phenoxy) is 1. The van der Waals surface area contributed by atoms with Gasteiger partial charge in [0, 0.05) is 26.2 Å². The first-order valence-electron chi connectivity index (χ1n) is 6.47. The van der Waals surface area contributed by atoms with Gasteiger partial charge >= 0.3 is 6.09 Å². The van der Waals surface area contributed by atoms with Crippen LogP contribution in [0.4, 0.5) is 4.79 Å². The topological polar surface area (TPSA) is 41.6 Å². The first-order chi connectivity index (χ1) is 7.80. The van der Waals surface area contributed by atoms with Crippen molar-refractivity contribution < 1.29 is 9.53 Å². The molecule has 0 atom stereocenters. The van der Waals surface area contributed by atoms with Gasteiger partial charge in [-0.2, -0.15) is 0 Å². The molecule has 0 aliphatic heterocycles. The standard InChI is InChI=1S/C13H28N2O2/c1-7-11(8-2)14-9-10-15(6)12(16)17-13(3,4)5/h11,14H,7-10H2,1-6H3. The van der Waals surface area contributed by atoms with Crippen molar-refractivity contribution in [1.82, 2.24) is 10.2 Å². The van der Waals surface area contributed by atoms with Crippen molar-refractivity contribution in [3.8, 4) is 0 Å². The Morgan fingerprint density at radius 3 is 2.24 bits per heavy atom. The average Bonchev–Trinajstić information content (AvgIpc) is 2.21. The molecule has 0 saturated carbocycles. The normalized spacial score (nSPS) is 11.7. The summed E-state index contributed by atoms with van der Waals surface area (Å²) in [5.41, 5.74) is -0.422. The lowest BCUT2D eigenvalue weighted by atomic mass is 10.2. The first-order valence-corrected chi connectivity index (χ1v) is 6.47. The van der Waals surface area contributed by atoms with Gasteiger partial charge in [0.25, 0.3) is 0 Å². The molecule has 102 valence electrons. The Hall–Kier alpha value is -0.770. The lowest BCUT2D eigenvalue weighted by molar-refractivity contribution is 0.0299. The summed E-state index contributed by atoms with van der Waals surface area (Å²) in [6.07, 6.45) is 1.98. The molecule has 0 bridgehead atoms. The van der Waals surface area contributed by atoms with E-state index in [1.54, 1.807) is 11.9 Å². The number of nitrogens with one attached hydrogen (secondary N) is 1. The van der Waals surface area contributed by atoms with Crippen LogP contribution in [0.1, 0.15) is 47.5 Å². The van der Waals surface area contributed by atoms with Gasteiger partial charge in [-0.05, 0) is 33.6 Å². The number of hydrogen-bond acceptors (Lipinski definition) is 3. The van der Waals surface area contributed by atoms with E-state index in [1.807, 2.05) is 20.8 Å². The van der Waals surface area contributed by atoms with Gasteiger partial charge in [0.15, 0.2) is 0 Å². The van der Waals surface area contributed by atoms with Crippen molar-refractivity contribution in [3.63, 3.8) is 0 Å². The zero-order chi connectivity index (χ0) is 13.5. The largest absolute Gasteiger partial charge is 0.444 e. The number of nitrogens with zero attached hydrogens (tertiary/aromatic N) is 1. The van der Waals surface area contributed by atoms with Crippen molar-refractivity contribution in [1.29, 1.82) is 0 Å². The van der Waals surface area contributed by atoms with E-state index in [4.69, 9.17) is 4.74 Å². The summed E-state index contributed by atoms with van der Waals surface area (Å²) >= 11 is 0. The predicted octanol–water partition coefficient (Wildman–Crippen LogP) is 2.63. The minimum absolute atomic E-state index is 0.260. The van der Waals surface area contributed by atoms with Crippen LogP contribution in [-0.2, 0) is 4.74 Å². The molecule has 0 rings (SSSR count). The molecule has 0 heterocycles. The molecule has 1 amide bonds. The fourth-order valence-electron chi connectivity index (χ4n) is 1.44. The maximum Gasteiger partial charge on any atom is 0.410 e. The van der Waals surface area contributed by atoms with Crippen molar-refractivity contribution in [2.75, 3.05) is 20.1 Å². The first kappa shape index (κ1) is 16.2. The summed E-state index contributed by atoms with van der Waals surface area (Å²) in [7, 11) is 1.77. The molecule has 0 saturated heterocycles. The zero-order valence-corrected chi connectivity index (χ0v) is 12.2. The molecule has 0 aliphatic carbocycles. The SMILES string of the molecule is CCC(CC)NCCN(C)C(=O)OC(C)(C)C. The molecule has 0 aromatic heterocycles. The second-order valence-corrected chi connectivity index (χ2v) is 5.37. The molecule has 0 spiro atoms. The zero-order valence-electron chi connectivity index (χ0n) is 12.2. The fourth-order valence-corrected chi connectivity index (χ4v) is 1.44. The molecule has 0 aromatic rings. The highest BCUT2D eigenvalue weighted by Gasteiger charge is 2.19. The van der Waals surface area contributed by atoms with Crippen molar-refractivity contribution in [2.45, 2.75) is 59.1 Å². The van der Waals surface area contributed by atoms with E-state index in [9.17, 15) is 4.79 Å². The minimum atomic E-state index is -0.422. The Morgan fingerprint density at radius 1 is 1.29 bits per heavy atom. The third kappa shape index (κ3) is 8.02. The molecule has 0 aliphatic rings. The molecule has 0 fully saturated rings. The van der Waals surface area contributed by atoms with Gasteiger partial charge in [0.1, 0.15) is 5.60 Å². The summed E-state index contributed by atoms with van der Waals surface area (Å²) < 4.78 is 5.27. The summed E-state index contributed by atoms with van der Waals surface area (Å²) in [5, 5.41) is 3.42. The van der Waals surface area contributed by atoms with E-state index in [-0.39, 0.29) is 6.09 Å². The summed E-state index contributed by atoms with van der Waals surface area (Å²) in [5.74, 6) is 0. The Labute approximate surface area is 106 Å².